The fraction of sp³-hybridized carbons (Fsp3) is 0.500. The minimum atomic E-state index is -0.252. The van der Waals surface area contributed by atoms with E-state index in [-0.39, 0.29) is 17.1 Å². The average molecular weight is 460 g/mol. The molecular formula is C18H23BrFN3OS2. The summed E-state index contributed by atoms with van der Waals surface area (Å²) in [5.41, 5.74) is 0.809. The number of hydrogen-bond donors (Lipinski definition) is 1. The lowest BCUT2D eigenvalue weighted by Gasteiger charge is -2.22. The van der Waals surface area contributed by atoms with E-state index < -0.39 is 0 Å². The van der Waals surface area contributed by atoms with Crippen LogP contribution in [0.25, 0.3) is 0 Å². The van der Waals surface area contributed by atoms with Crippen molar-refractivity contribution in [3.8, 4) is 0 Å². The van der Waals surface area contributed by atoms with Crippen LogP contribution in [0.1, 0.15) is 46.1 Å². The number of anilines is 1. The van der Waals surface area contributed by atoms with Gasteiger partial charge in [0, 0.05) is 16.6 Å². The molecule has 26 heavy (non-hydrogen) atoms. The third-order valence-corrected chi connectivity index (χ3v) is 6.03. The van der Waals surface area contributed by atoms with Gasteiger partial charge in [0.2, 0.25) is 11.0 Å². The summed E-state index contributed by atoms with van der Waals surface area (Å²) in [4.78, 5) is 12.1. The average Bonchev–Trinajstić information content (AvgIpc) is 2.91. The van der Waals surface area contributed by atoms with E-state index in [9.17, 15) is 9.18 Å². The van der Waals surface area contributed by atoms with Gasteiger partial charge < -0.3 is 5.32 Å². The number of nitrogens with one attached hydrogen (secondary N) is 1. The number of thioether (sulfide) groups is 1. The lowest BCUT2D eigenvalue weighted by molar-refractivity contribution is -0.117. The Bertz CT molecular complexity index is 761. The van der Waals surface area contributed by atoms with E-state index in [0.717, 1.165) is 6.42 Å². The SMILES string of the molecule is C[C@@H](CC(=O)Nc1nnc(SCc2ccc(Br)cc2F)s1)CC(C)(C)C. The van der Waals surface area contributed by atoms with Gasteiger partial charge in [0.15, 0.2) is 4.34 Å². The molecule has 0 bridgehead atoms. The van der Waals surface area contributed by atoms with Gasteiger partial charge in [-0.3, -0.25) is 4.79 Å². The van der Waals surface area contributed by atoms with Gasteiger partial charge >= 0.3 is 0 Å². The first-order valence-electron chi connectivity index (χ1n) is 8.32. The number of carbonyl (C=O) groups is 1. The molecule has 142 valence electrons. The van der Waals surface area contributed by atoms with Crippen LogP contribution in [0, 0.1) is 17.2 Å². The first kappa shape index (κ1) is 21.3. The van der Waals surface area contributed by atoms with Crippen molar-refractivity contribution in [2.75, 3.05) is 5.32 Å². The fourth-order valence-electron chi connectivity index (χ4n) is 2.70. The maximum absolute atomic E-state index is 13.8. The minimum Gasteiger partial charge on any atom is -0.300 e. The van der Waals surface area contributed by atoms with Crippen molar-refractivity contribution >= 4 is 50.1 Å². The normalized spacial score (nSPS) is 12.8. The van der Waals surface area contributed by atoms with Crippen LogP contribution in [0.15, 0.2) is 27.0 Å². The highest BCUT2D eigenvalue weighted by Gasteiger charge is 2.18. The Kier molecular flexibility index (Phi) is 7.61. The second kappa shape index (κ2) is 9.28. The summed E-state index contributed by atoms with van der Waals surface area (Å²) in [6.07, 6.45) is 1.44. The van der Waals surface area contributed by atoms with Crippen molar-refractivity contribution in [3.05, 3.63) is 34.1 Å². The number of benzene rings is 1. The van der Waals surface area contributed by atoms with Crippen molar-refractivity contribution in [3.63, 3.8) is 0 Å². The summed E-state index contributed by atoms with van der Waals surface area (Å²) in [6.45, 7) is 8.59. The molecule has 1 heterocycles. The van der Waals surface area contributed by atoms with Gasteiger partial charge in [-0.25, -0.2) is 4.39 Å². The monoisotopic (exact) mass is 459 g/mol. The molecule has 0 aliphatic rings. The highest BCUT2D eigenvalue weighted by atomic mass is 79.9. The van der Waals surface area contributed by atoms with E-state index in [2.05, 4.69) is 59.1 Å². The zero-order chi connectivity index (χ0) is 19.3. The molecule has 1 aromatic heterocycles. The first-order valence-corrected chi connectivity index (χ1v) is 10.9. The topological polar surface area (TPSA) is 54.9 Å². The molecule has 2 rings (SSSR count). The number of aromatic nitrogens is 2. The second-order valence-corrected chi connectivity index (χ2v) is 10.6. The molecule has 0 unspecified atom stereocenters. The molecule has 1 aromatic carbocycles. The molecule has 0 spiro atoms. The molecule has 0 aliphatic carbocycles. The van der Waals surface area contributed by atoms with Gasteiger partial charge in [-0.15, -0.1) is 10.2 Å². The van der Waals surface area contributed by atoms with Gasteiger partial charge in [0.1, 0.15) is 5.82 Å². The predicted molar refractivity (Wildman–Crippen MR) is 110 cm³/mol. The smallest absolute Gasteiger partial charge is 0.226 e. The Hall–Kier alpha value is -0.990. The number of halogens is 2. The number of rotatable bonds is 7. The van der Waals surface area contributed by atoms with Crippen LogP contribution in [0.3, 0.4) is 0 Å². The maximum atomic E-state index is 13.8. The Morgan fingerprint density at radius 1 is 1.38 bits per heavy atom. The van der Waals surface area contributed by atoms with Crippen LogP contribution in [0.2, 0.25) is 0 Å². The zero-order valence-electron chi connectivity index (χ0n) is 15.3. The van der Waals surface area contributed by atoms with E-state index in [1.165, 1.54) is 29.2 Å². The lowest BCUT2D eigenvalue weighted by Crippen LogP contribution is -2.18. The fourth-order valence-corrected chi connectivity index (χ4v) is 4.79. The van der Waals surface area contributed by atoms with Crippen LogP contribution >= 0.6 is 39.0 Å². The summed E-state index contributed by atoms with van der Waals surface area (Å²) in [7, 11) is 0. The molecule has 4 nitrogen and oxygen atoms in total. The Morgan fingerprint density at radius 2 is 2.12 bits per heavy atom. The van der Waals surface area contributed by atoms with Crippen LogP contribution in [0.4, 0.5) is 9.52 Å². The highest BCUT2D eigenvalue weighted by molar-refractivity contribution is 9.10. The van der Waals surface area contributed by atoms with Crippen molar-refractivity contribution in [1.29, 1.82) is 0 Å². The third kappa shape index (κ3) is 7.32. The van der Waals surface area contributed by atoms with Gasteiger partial charge in [-0.1, -0.05) is 72.8 Å². The van der Waals surface area contributed by atoms with E-state index >= 15 is 0 Å². The lowest BCUT2D eigenvalue weighted by atomic mass is 9.84. The zero-order valence-corrected chi connectivity index (χ0v) is 18.5. The van der Waals surface area contributed by atoms with E-state index in [4.69, 9.17) is 0 Å². The highest BCUT2D eigenvalue weighted by Crippen LogP contribution is 2.30. The molecule has 0 fully saturated rings. The third-order valence-electron chi connectivity index (χ3n) is 3.51. The number of hydrogen-bond acceptors (Lipinski definition) is 5. The summed E-state index contributed by atoms with van der Waals surface area (Å²) in [5.74, 6) is 0.466. The Balaban J connectivity index is 1.84. The number of carbonyl (C=O) groups excluding carboxylic acids is 1. The molecule has 2 aromatic rings. The molecule has 0 aliphatic heterocycles. The second-order valence-electron chi connectivity index (χ2n) is 7.52. The van der Waals surface area contributed by atoms with Gasteiger partial charge in [-0.2, -0.15) is 0 Å². The molecule has 1 atom stereocenters. The maximum Gasteiger partial charge on any atom is 0.226 e. The molecule has 0 saturated carbocycles. The minimum absolute atomic E-state index is 0.0478. The van der Waals surface area contributed by atoms with Gasteiger partial charge in [0.05, 0.1) is 0 Å². The van der Waals surface area contributed by atoms with Crippen LogP contribution in [0.5, 0.6) is 0 Å². The van der Waals surface area contributed by atoms with Crippen LogP contribution in [-0.4, -0.2) is 16.1 Å². The molecule has 0 radical (unpaired) electrons. The van der Waals surface area contributed by atoms with Crippen molar-refractivity contribution in [2.24, 2.45) is 11.3 Å². The molecule has 8 heteroatoms. The van der Waals surface area contributed by atoms with E-state index in [0.29, 0.717) is 37.6 Å². The quantitative estimate of drug-likeness (QED) is 0.399. The summed E-state index contributed by atoms with van der Waals surface area (Å²) < 4.78 is 15.2. The van der Waals surface area contributed by atoms with Gasteiger partial charge in [0.25, 0.3) is 0 Å². The molecule has 1 amide bonds. The Labute approximate surface area is 170 Å². The summed E-state index contributed by atoms with van der Waals surface area (Å²) in [6, 6.07) is 5.00. The van der Waals surface area contributed by atoms with Crippen molar-refractivity contribution < 1.29 is 9.18 Å². The van der Waals surface area contributed by atoms with Crippen molar-refractivity contribution in [1.82, 2.24) is 10.2 Å². The first-order chi connectivity index (χ1) is 12.1. The van der Waals surface area contributed by atoms with Crippen molar-refractivity contribution in [2.45, 2.75) is 50.6 Å². The summed E-state index contributed by atoms with van der Waals surface area (Å²) >= 11 is 5.95. The van der Waals surface area contributed by atoms with Gasteiger partial charge in [-0.05, 0) is 35.4 Å². The van der Waals surface area contributed by atoms with E-state index in [1.807, 2.05) is 6.07 Å². The predicted octanol–water partition coefficient (Wildman–Crippen LogP) is 6.13. The Morgan fingerprint density at radius 3 is 2.77 bits per heavy atom. The largest absolute Gasteiger partial charge is 0.300 e. The summed E-state index contributed by atoms with van der Waals surface area (Å²) in [5, 5.41) is 11.3. The van der Waals surface area contributed by atoms with Crippen LogP contribution < -0.4 is 5.32 Å². The molecule has 0 saturated heterocycles. The molecule has 1 N–H and O–H groups in total. The molecular weight excluding hydrogens is 437 g/mol. The standard InChI is InChI=1S/C18H23BrFN3OS2/c1-11(9-18(2,3)4)7-15(24)21-16-22-23-17(26-16)25-10-12-5-6-13(19)8-14(12)20/h5-6,8,11H,7,9-10H2,1-4H3,(H,21,22,24)/t11-/m0/s1. The number of amides is 1. The van der Waals surface area contributed by atoms with E-state index in [1.54, 1.807) is 6.07 Å². The number of nitrogens with zero attached hydrogens (tertiary/aromatic N) is 2. The van der Waals surface area contributed by atoms with Crippen LogP contribution in [-0.2, 0) is 10.5 Å².